The minimum absolute atomic E-state index is 0. The molecule has 1 aliphatic heterocycles. The van der Waals surface area contributed by atoms with E-state index in [1.54, 1.807) is 6.92 Å². The summed E-state index contributed by atoms with van der Waals surface area (Å²) in [7, 11) is 0. The molecule has 1 aromatic carbocycles. The number of carbonyl (C=O) groups is 2. The highest BCUT2D eigenvalue weighted by Crippen LogP contribution is 2.13. The molecule has 1 aliphatic rings. The lowest BCUT2D eigenvalue weighted by Gasteiger charge is -2.34. The minimum Gasteiger partial charge on any atom is -0.492 e. The summed E-state index contributed by atoms with van der Waals surface area (Å²) in [5, 5.41) is 2.88. The molecule has 2 rings (SSSR count). The summed E-state index contributed by atoms with van der Waals surface area (Å²) in [5.74, 6) is 0.996. The van der Waals surface area contributed by atoms with Gasteiger partial charge >= 0.3 is 0 Å². The lowest BCUT2D eigenvalue weighted by molar-refractivity contribution is -0.130. The van der Waals surface area contributed by atoms with Crippen molar-refractivity contribution >= 4 is 36.6 Å². The third-order valence-corrected chi connectivity index (χ3v) is 4.66. The van der Waals surface area contributed by atoms with Crippen molar-refractivity contribution in [1.82, 2.24) is 15.1 Å². The number of piperazine rings is 1. The van der Waals surface area contributed by atoms with Crippen molar-refractivity contribution in [2.45, 2.75) is 32.7 Å². The number of amides is 2. The molecule has 2 amide bonds. The second kappa shape index (κ2) is 14.4. The number of halogens is 2. The molecule has 1 atom stereocenters. The highest BCUT2D eigenvalue weighted by molar-refractivity contribution is 5.85. The normalized spacial score (nSPS) is 14.9. The third-order valence-electron chi connectivity index (χ3n) is 4.66. The molecule has 1 fully saturated rings. The number of rotatable bonds is 9. The predicted octanol–water partition coefficient (Wildman–Crippen LogP) is 1.47. The molecular formula is C20H34Cl2N4O3. The van der Waals surface area contributed by atoms with Gasteiger partial charge in [0.15, 0.2) is 0 Å². The van der Waals surface area contributed by atoms with Gasteiger partial charge in [0.1, 0.15) is 12.4 Å². The van der Waals surface area contributed by atoms with Gasteiger partial charge in [-0.05, 0) is 31.0 Å². The van der Waals surface area contributed by atoms with E-state index in [-0.39, 0.29) is 42.7 Å². The van der Waals surface area contributed by atoms with Crippen LogP contribution in [0.5, 0.6) is 5.75 Å². The number of nitrogens with two attached hydrogens (primary N) is 1. The number of hydrogen-bond donors (Lipinski definition) is 2. The second-order valence-electron chi connectivity index (χ2n) is 7.12. The van der Waals surface area contributed by atoms with Gasteiger partial charge in [0.05, 0.1) is 0 Å². The number of hydrogen-bond acceptors (Lipinski definition) is 5. The fourth-order valence-electron chi connectivity index (χ4n) is 3.04. The Kier molecular flexibility index (Phi) is 13.7. The molecule has 1 heterocycles. The first-order chi connectivity index (χ1) is 12.9. The smallest absolute Gasteiger partial charge is 0.221 e. The van der Waals surface area contributed by atoms with E-state index in [2.05, 4.69) is 10.2 Å². The number of ether oxygens (including phenoxy) is 1. The Labute approximate surface area is 186 Å². The first-order valence-corrected chi connectivity index (χ1v) is 9.66. The van der Waals surface area contributed by atoms with E-state index in [0.29, 0.717) is 19.6 Å². The highest BCUT2D eigenvalue weighted by atomic mass is 35.5. The van der Waals surface area contributed by atoms with Crippen LogP contribution in [0, 0.1) is 0 Å². The monoisotopic (exact) mass is 448 g/mol. The Morgan fingerprint density at radius 1 is 1.14 bits per heavy atom. The van der Waals surface area contributed by atoms with Crippen molar-refractivity contribution in [1.29, 1.82) is 0 Å². The van der Waals surface area contributed by atoms with Crippen LogP contribution >= 0.6 is 24.8 Å². The topological polar surface area (TPSA) is 87.9 Å². The zero-order valence-corrected chi connectivity index (χ0v) is 18.9. The molecule has 1 aromatic rings. The molecule has 0 aliphatic carbocycles. The van der Waals surface area contributed by atoms with E-state index in [4.69, 9.17) is 10.5 Å². The van der Waals surface area contributed by atoms with E-state index in [1.165, 1.54) is 0 Å². The summed E-state index contributed by atoms with van der Waals surface area (Å²) in [6.07, 6.45) is 1.14. The molecule has 0 radical (unpaired) electrons. The molecular weight excluding hydrogens is 415 g/mol. The van der Waals surface area contributed by atoms with E-state index in [1.807, 2.05) is 36.1 Å². The zero-order valence-electron chi connectivity index (χ0n) is 17.3. The maximum atomic E-state index is 11.6. The number of carbonyl (C=O) groups excluding carboxylic acids is 2. The summed E-state index contributed by atoms with van der Waals surface area (Å²) in [5.41, 5.74) is 6.76. The summed E-state index contributed by atoms with van der Waals surface area (Å²) in [6.45, 7) is 8.94. The van der Waals surface area contributed by atoms with Gasteiger partial charge in [-0.25, -0.2) is 0 Å². The van der Waals surface area contributed by atoms with Gasteiger partial charge in [-0.3, -0.25) is 14.5 Å². The highest BCUT2D eigenvalue weighted by Gasteiger charge is 2.18. The van der Waals surface area contributed by atoms with Crippen LogP contribution in [0.3, 0.4) is 0 Å². The maximum Gasteiger partial charge on any atom is 0.221 e. The van der Waals surface area contributed by atoms with E-state index in [9.17, 15) is 9.59 Å². The molecule has 3 N–H and O–H groups in total. The van der Waals surface area contributed by atoms with Crippen molar-refractivity contribution in [3.63, 3.8) is 0 Å². The predicted molar refractivity (Wildman–Crippen MR) is 120 cm³/mol. The van der Waals surface area contributed by atoms with Crippen molar-refractivity contribution < 1.29 is 14.3 Å². The van der Waals surface area contributed by atoms with E-state index in [0.717, 1.165) is 50.5 Å². The second-order valence-corrected chi connectivity index (χ2v) is 7.12. The molecule has 0 aromatic heterocycles. The van der Waals surface area contributed by atoms with Crippen molar-refractivity contribution in [2.24, 2.45) is 5.73 Å². The molecule has 9 heteroatoms. The van der Waals surface area contributed by atoms with Crippen LogP contribution in [0.1, 0.15) is 25.8 Å². The van der Waals surface area contributed by atoms with Gasteiger partial charge in [-0.1, -0.05) is 12.1 Å². The first kappa shape index (κ1) is 27.5. The Balaban J connectivity index is 0.00000392. The van der Waals surface area contributed by atoms with Crippen molar-refractivity contribution in [3.05, 3.63) is 29.8 Å². The van der Waals surface area contributed by atoms with Crippen molar-refractivity contribution in [2.75, 3.05) is 45.9 Å². The van der Waals surface area contributed by atoms with Gasteiger partial charge in [-0.15, -0.1) is 24.8 Å². The van der Waals surface area contributed by atoms with Gasteiger partial charge in [0, 0.05) is 58.7 Å². The Bertz CT molecular complexity index is 606. The lowest BCUT2D eigenvalue weighted by atomic mass is 10.1. The Morgan fingerprint density at radius 2 is 1.76 bits per heavy atom. The van der Waals surface area contributed by atoms with Crippen LogP contribution < -0.4 is 15.8 Å². The molecule has 29 heavy (non-hydrogen) atoms. The van der Waals surface area contributed by atoms with E-state index < -0.39 is 0 Å². The van der Waals surface area contributed by atoms with Gasteiger partial charge in [0.25, 0.3) is 0 Å². The SMILES string of the molecule is CC(=O)N1CCN(CCOc2ccc(CCNC(=O)CC(C)N)cc2)CC1.Cl.Cl. The van der Waals surface area contributed by atoms with Crippen LogP contribution in [0.2, 0.25) is 0 Å². The molecule has 1 saturated heterocycles. The fourth-order valence-corrected chi connectivity index (χ4v) is 3.04. The number of nitrogens with zero attached hydrogens (tertiary/aromatic N) is 2. The molecule has 1 unspecified atom stereocenters. The maximum absolute atomic E-state index is 11.6. The van der Waals surface area contributed by atoms with Gasteiger partial charge in [0.2, 0.25) is 11.8 Å². The largest absolute Gasteiger partial charge is 0.492 e. The summed E-state index contributed by atoms with van der Waals surface area (Å²) in [4.78, 5) is 27.1. The summed E-state index contributed by atoms with van der Waals surface area (Å²) < 4.78 is 5.82. The third kappa shape index (κ3) is 10.7. The van der Waals surface area contributed by atoms with Crippen LogP contribution in [0.15, 0.2) is 24.3 Å². The molecule has 7 nitrogen and oxygen atoms in total. The first-order valence-electron chi connectivity index (χ1n) is 9.66. The number of nitrogens with one attached hydrogen (secondary N) is 1. The lowest BCUT2D eigenvalue weighted by Crippen LogP contribution is -2.48. The standard InChI is InChI=1S/C20H32N4O3.2ClH/c1-16(21)15-20(26)22-8-7-18-3-5-19(6-4-18)27-14-13-23-9-11-24(12-10-23)17(2)25;;/h3-6,16H,7-15,21H2,1-2H3,(H,22,26);2*1H. The van der Waals surface area contributed by atoms with Crippen LogP contribution in [0.25, 0.3) is 0 Å². The van der Waals surface area contributed by atoms with E-state index >= 15 is 0 Å². The molecule has 166 valence electrons. The zero-order chi connectivity index (χ0) is 19.6. The number of benzene rings is 1. The quantitative estimate of drug-likeness (QED) is 0.596. The van der Waals surface area contributed by atoms with Crippen LogP contribution in [0.4, 0.5) is 0 Å². The van der Waals surface area contributed by atoms with Gasteiger partial charge in [-0.2, -0.15) is 0 Å². The Hall–Kier alpha value is -1.54. The Morgan fingerprint density at radius 3 is 2.31 bits per heavy atom. The molecule has 0 spiro atoms. The molecule has 0 bridgehead atoms. The van der Waals surface area contributed by atoms with Crippen LogP contribution in [-0.4, -0.2) is 73.5 Å². The molecule has 0 saturated carbocycles. The summed E-state index contributed by atoms with van der Waals surface area (Å²) in [6, 6.07) is 7.87. The fraction of sp³-hybridized carbons (Fsp3) is 0.600. The average molecular weight is 449 g/mol. The average Bonchev–Trinajstić information content (AvgIpc) is 2.63. The van der Waals surface area contributed by atoms with Crippen LogP contribution in [-0.2, 0) is 16.0 Å². The van der Waals surface area contributed by atoms with Gasteiger partial charge < -0.3 is 20.7 Å². The summed E-state index contributed by atoms with van der Waals surface area (Å²) >= 11 is 0. The van der Waals surface area contributed by atoms with Crippen molar-refractivity contribution in [3.8, 4) is 5.75 Å². The minimum atomic E-state index is -0.112.